The molecule has 2 heterocycles. The van der Waals surface area contributed by atoms with Gasteiger partial charge in [0.15, 0.2) is 5.65 Å². The standard InChI is InChI=1S/C20H20F3N5O/c1-27(2)12-25-16-10-11-24-19-17(16)18(13-4-3-5-13)26-28(19)14-6-8-15(9-7-14)29-20(21,22)23/h6-13H,3-5H2,1-2H3/b25-12+. The molecule has 6 nitrogen and oxygen atoms in total. The third-order valence-corrected chi connectivity index (χ3v) is 4.81. The summed E-state index contributed by atoms with van der Waals surface area (Å²) in [4.78, 5) is 10.9. The van der Waals surface area contributed by atoms with E-state index in [1.807, 2.05) is 25.1 Å². The van der Waals surface area contributed by atoms with Crippen LogP contribution < -0.4 is 4.74 Å². The number of rotatable bonds is 5. The van der Waals surface area contributed by atoms with Gasteiger partial charge < -0.3 is 9.64 Å². The van der Waals surface area contributed by atoms with Crippen molar-refractivity contribution in [2.75, 3.05) is 14.1 Å². The molecule has 9 heteroatoms. The first-order valence-electron chi connectivity index (χ1n) is 9.26. The lowest BCUT2D eigenvalue weighted by Crippen LogP contribution is -2.17. The molecule has 2 aromatic heterocycles. The first kappa shape index (κ1) is 19.2. The van der Waals surface area contributed by atoms with Crippen LogP contribution in [0.4, 0.5) is 18.9 Å². The molecule has 1 aliphatic carbocycles. The Morgan fingerprint density at radius 3 is 2.48 bits per heavy atom. The van der Waals surface area contributed by atoms with E-state index in [4.69, 9.17) is 5.10 Å². The number of benzene rings is 1. The van der Waals surface area contributed by atoms with Crippen LogP contribution in [0.3, 0.4) is 0 Å². The number of pyridine rings is 1. The third-order valence-electron chi connectivity index (χ3n) is 4.81. The molecule has 1 aromatic carbocycles. The molecule has 29 heavy (non-hydrogen) atoms. The number of hydrogen-bond acceptors (Lipinski definition) is 4. The van der Waals surface area contributed by atoms with E-state index in [9.17, 15) is 13.2 Å². The highest BCUT2D eigenvalue weighted by Crippen LogP contribution is 2.42. The van der Waals surface area contributed by atoms with Gasteiger partial charge in [0.05, 0.1) is 28.8 Å². The maximum absolute atomic E-state index is 12.4. The van der Waals surface area contributed by atoms with E-state index in [-0.39, 0.29) is 5.75 Å². The van der Waals surface area contributed by atoms with Gasteiger partial charge in [0.25, 0.3) is 0 Å². The molecule has 0 N–H and O–H groups in total. The van der Waals surface area contributed by atoms with Crippen LogP contribution in [0.1, 0.15) is 30.9 Å². The molecule has 0 saturated heterocycles. The van der Waals surface area contributed by atoms with Gasteiger partial charge in [0.2, 0.25) is 0 Å². The van der Waals surface area contributed by atoms with Gasteiger partial charge in [-0.3, -0.25) is 0 Å². The summed E-state index contributed by atoms with van der Waals surface area (Å²) >= 11 is 0. The highest BCUT2D eigenvalue weighted by atomic mass is 19.4. The number of aromatic nitrogens is 3. The van der Waals surface area contributed by atoms with E-state index in [0.717, 1.165) is 36.0 Å². The fraction of sp³-hybridized carbons (Fsp3) is 0.350. The Bertz CT molecular complexity index is 1040. The van der Waals surface area contributed by atoms with E-state index in [1.165, 1.54) is 24.3 Å². The van der Waals surface area contributed by atoms with Gasteiger partial charge >= 0.3 is 6.36 Å². The van der Waals surface area contributed by atoms with Crippen LogP contribution in [-0.2, 0) is 0 Å². The van der Waals surface area contributed by atoms with Crippen molar-refractivity contribution in [1.29, 1.82) is 0 Å². The fourth-order valence-corrected chi connectivity index (χ4v) is 3.27. The second-order valence-corrected chi connectivity index (χ2v) is 7.20. The zero-order valence-corrected chi connectivity index (χ0v) is 16.0. The summed E-state index contributed by atoms with van der Waals surface area (Å²) < 4.78 is 42.9. The Kier molecular flexibility index (Phi) is 4.89. The molecule has 4 rings (SSSR count). The van der Waals surface area contributed by atoms with Crippen molar-refractivity contribution in [3.63, 3.8) is 0 Å². The third kappa shape index (κ3) is 4.03. The predicted octanol–water partition coefficient (Wildman–Crippen LogP) is 4.81. The highest BCUT2D eigenvalue weighted by Gasteiger charge is 2.31. The maximum atomic E-state index is 12.4. The van der Waals surface area contributed by atoms with E-state index in [2.05, 4.69) is 14.7 Å². The molecule has 0 amide bonds. The van der Waals surface area contributed by atoms with Gasteiger partial charge in [0.1, 0.15) is 5.75 Å². The molecule has 0 unspecified atom stereocenters. The first-order chi connectivity index (χ1) is 13.8. The summed E-state index contributed by atoms with van der Waals surface area (Å²) in [6.07, 6.45) is 1.91. The van der Waals surface area contributed by atoms with Gasteiger partial charge in [-0.05, 0) is 43.2 Å². The quantitative estimate of drug-likeness (QED) is 0.453. The number of fused-ring (bicyclic) bond motifs is 1. The highest BCUT2D eigenvalue weighted by molar-refractivity contribution is 5.92. The van der Waals surface area contributed by atoms with Gasteiger partial charge in [-0.2, -0.15) is 5.10 Å². The van der Waals surface area contributed by atoms with Gasteiger partial charge in [0, 0.05) is 26.2 Å². The van der Waals surface area contributed by atoms with Crippen molar-refractivity contribution < 1.29 is 17.9 Å². The van der Waals surface area contributed by atoms with Crippen LogP contribution in [0.2, 0.25) is 0 Å². The molecule has 0 spiro atoms. The normalized spacial score (nSPS) is 15.1. The number of ether oxygens (including phenoxy) is 1. The molecule has 0 radical (unpaired) electrons. The molecular formula is C20H20F3N5O. The van der Waals surface area contributed by atoms with Crippen molar-refractivity contribution in [1.82, 2.24) is 19.7 Å². The van der Waals surface area contributed by atoms with E-state index in [0.29, 0.717) is 17.3 Å². The van der Waals surface area contributed by atoms with Crippen LogP contribution in [0.5, 0.6) is 5.75 Å². The molecule has 1 saturated carbocycles. The number of aliphatic imine (C=N–C) groups is 1. The summed E-state index contributed by atoms with van der Waals surface area (Å²) in [5.41, 5.74) is 2.94. The number of nitrogens with zero attached hydrogens (tertiary/aromatic N) is 5. The van der Waals surface area contributed by atoms with Gasteiger partial charge in [-0.25, -0.2) is 14.7 Å². The van der Waals surface area contributed by atoms with E-state index in [1.54, 1.807) is 17.2 Å². The summed E-state index contributed by atoms with van der Waals surface area (Å²) in [6.45, 7) is 0. The molecule has 0 atom stereocenters. The molecule has 0 bridgehead atoms. The Morgan fingerprint density at radius 2 is 1.90 bits per heavy atom. The van der Waals surface area contributed by atoms with Crippen molar-refractivity contribution in [2.45, 2.75) is 31.5 Å². The summed E-state index contributed by atoms with van der Waals surface area (Å²) in [5.74, 6) is 0.0604. The molecule has 152 valence electrons. The molecule has 1 aliphatic rings. The molecule has 1 fully saturated rings. The minimum absolute atomic E-state index is 0.277. The first-order valence-corrected chi connectivity index (χ1v) is 9.26. The zero-order chi connectivity index (χ0) is 20.6. The fourth-order valence-electron chi connectivity index (χ4n) is 3.27. The Labute approximate surface area is 165 Å². The van der Waals surface area contributed by atoms with E-state index < -0.39 is 6.36 Å². The molecule has 3 aromatic rings. The van der Waals surface area contributed by atoms with Gasteiger partial charge in [-0.15, -0.1) is 13.2 Å². The predicted molar refractivity (Wildman–Crippen MR) is 104 cm³/mol. The molecule has 0 aliphatic heterocycles. The second kappa shape index (κ2) is 7.38. The number of hydrogen-bond donors (Lipinski definition) is 0. The number of halogens is 3. The molecular weight excluding hydrogens is 383 g/mol. The maximum Gasteiger partial charge on any atom is 0.573 e. The SMILES string of the molecule is CN(C)/C=N/c1ccnc2c1c(C1CCC1)nn2-c1ccc(OC(F)(F)F)cc1. The van der Waals surface area contributed by atoms with Crippen LogP contribution >= 0.6 is 0 Å². The number of alkyl halides is 3. The summed E-state index contributed by atoms with van der Waals surface area (Å²) in [6, 6.07) is 7.46. The minimum Gasteiger partial charge on any atom is -0.406 e. The monoisotopic (exact) mass is 403 g/mol. The summed E-state index contributed by atoms with van der Waals surface area (Å²) in [5, 5.41) is 5.66. The Balaban J connectivity index is 1.80. The zero-order valence-electron chi connectivity index (χ0n) is 16.0. The average molecular weight is 403 g/mol. The Hall–Kier alpha value is -3.10. The summed E-state index contributed by atoms with van der Waals surface area (Å²) in [7, 11) is 3.78. The van der Waals surface area contributed by atoms with Crippen molar-refractivity contribution >= 4 is 23.1 Å². The van der Waals surface area contributed by atoms with Crippen molar-refractivity contribution in [2.24, 2.45) is 4.99 Å². The van der Waals surface area contributed by atoms with Crippen molar-refractivity contribution in [3.8, 4) is 11.4 Å². The van der Waals surface area contributed by atoms with Crippen LogP contribution in [0, 0.1) is 0 Å². The lowest BCUT2D eigenvalue weighted by atomic mass is 9.82. The Morgan fingerprint density at radius 1 is 1.17 bits per heavy atom. The lowest BCUT2D eigenvalue weighted by Gasteiger charge is -2.23. The minimum atomic E-state index is -4.72. The smallest absolute Gasteiger partial charge is 0.406 e. The van der Waals surface area contributed by atoms with Crippen LogP contribution in [-0.4, -0.2) is 46.5 Å². The van der Waals surface area contributed by atoms with Crippen molar-refractivity contribution in [3.05, 3.63) is 42.2 Å². The van der Waals surface area contributed by atoms with E-state index >= 15 is 0 Å². The largest absolute Gasteiger partial charge is 0.573 e. The second-order valence-electron chi connectivity index (χ2n) is 7.20. The van der Waals surface area contributed by atoms with Crippen LogP contribution in [0.15, 0.2) is 41.5 Å². The van der Waals surface area contributed by atoms with Gasteiger partial charge in [-0.1, -0.05) is 6.42 Å². The lowest BCUT2D eigenvalue weighted by molar-refractivity contribution is -0.274. The van der Waals surface area contributed by atoms with Crippen LogP contribution in [0.25, 0.3) is 16.7 Å². The topological polar surface area (TPSA) is 55.5 Å². The average Bonchev–Trinajstić information content (AvgIpc) is 2.98.